The molecule has 0 aliphatic carbocycles. The van der Waals surface area contributed by atoms with Gasteiger partial charge in [-0.25, -0.2) is 4.98 Å². The molecule has 0 saturated carbocycles. The monoisotopic (exact) mass is 263 g/mol. The van der Waals surface area contributed by atoms with Crippen molar-refractivity contribution in [1.29, 1.82) is 0 Å². The molecule has 0 amide bonds. The number of nitrogens with zero attached hydrogens (tertiary/aromatic N) is 4. The number of aryl methyl sites for hydroxylation is 1. The Balaban J connectivity index is 1.69. The standard InChI is InChI=1S/C15H13N5/c16-13-8-5-9-14-15(13)19-20(18-14)11-4-2-7-12-6-1-3-10-17-12/h1,3,5-6,8-10H,4,11,16H2. The molecule has 20 heavy (non-hydrogen) atoms. The molecule has 0 spiro atoms. The molecule has 0 saturated heterocycles. The second-order valence-corrected chi connectivity index (χ2v) is 4.28. The first-order valence-electron chi connectivity index (χ1n) is 6.32. The van der Waals surface area contributed by atoms with Crippen molar-refractivity contribution < 1.29 is 0 Å². The molecule has 2 N–H and O–H groups in total. The topological polar surface area (TPSA) is 69.6 Å². The number of fused-ring (bicyclic) bond motifs is 1. The Kier molecular flexibility index (Phi) is 3.29. The van der Waals surface area contributed by atoms with E-state index in [0.717, 1.165) is 16.7 Å². The zero-order chi connectivity index (χ0) is 13.8. The summed E-state index contributed by atoms with van der Waals surface area (Å²) in [4.78, 5) is 5.77. The molecule has 1 aromatic carbocycles. The maximum Gasteiger partial charge on any atom is 0.136 e. The van der Waals surface area contributed by atoms with Gasteiger partial charge in [-0.1, -0.05) is 18.1 Å². The summed E-state index contributed by atoms with van der Waals surface area (Å²) in [5, 5.41) is 8.71. The summed E-state index contributed by atoms with van der Waals surface area (Å²) >= 11 is 0. The van der Waals surface area contributed by atoms with Crippen LogP contribution >= 0.6 is 0 Å². The molecule has 98 valence electrons. The molecule has 2 heterocycles. The van der Waals surface area contributed by atoms with Crippen molar-refractivity contribution in [3.05, 3.63) is 48.3 Å². The van der Waals surface area contributed by atoms with E-state index in [4.69, 9.17) is 5.73 Å². The molecule has 0 unspecified atom stereocenters. The fourth-order valence-corrected chi connectivity index (χ4v) is 1.85. The van der Waals surface area contributed by atoms with Gasteiger partial charge in [0.25, 0.3) is 0 Å². The Labute approximate surface area is 116 Å². The number of pyridine rings is 1. The van der Waals surface area contributed by atoms with Gasteiger partial charge in [0, 0.05) is 12.6 Å². The molecule has 3 aromatic rings. The minimum absolute atomic E-state index is 0.633. The van der Waals surface area contributed by atoms with Crippen molar-refractivity contribution in [2.75, 3.05) is 5.73 Å². The number of anilines is 1. The second-order valence-electron chi connectivity index (χ2n) is 4.28. The molecule has 2 aromatic heterocycles. The number of nitrogen functional groups attached to an aromatic ring is 1. The minimum atomic E-state index is 0.633. The molecule has 3 rings (SSSR count). The highest BCUT2D eigenvalue weighted by atomic mass is 15.5. The van der Waals surface area contributed by atoms with Crippen LogP contribution in [0, 0.1) is 11.8 Å². The third-order valence-corrected chi connectivity index (χ3v) is 2.80. The lowest BCUT2D eigenvalue weighted by Crippen LogP contribution is -2.01. The Morgan fingerprint density at radius 2 is 2.05 bits per heavy atom. The Morgan fingerprint density at radius 1 is 1.10 bits per heavy atom. The number of hydrogen-bond donors (Lipinski definition) is 1. The number of hydrogen-bond acceptors (Lipinski definition) is 4. The van der Waals surface area contributed by atoms with Gasteiger partial charge in [-0.3, -0.25) is 0 Å². The minimum Gasteiger partial charge on any atom is -0.397 e. The van der Waals surface area contributed by atoms with Crippen molar-refractivity contribution in [1.82, 2.24) is 20.0 Å². The lowest BCUT2D eigenvalue weighted by atomic mass is 10.3. The number of aromatic nitrogens is 4. The van der Waals surface area contributed by atoms with Crippen molar-refractivity contribution in [3.8, 4) is 11.8 Å². The van der Waals surface area contributed by atoms with Gasteiger partial charge in [-0.15, -0.1) is 0 Å². The van der Waals surface area contributed by atoms with Gasteiger partial charge in [0.05, 0.1) is 12.2 Å². The Bertz CT molecular complexity index is 780. The zero-order valence-electron chi connectivity index (χ0n) is 10.8. The fraction of sp³-hybridized carbons (Fsp3) is 0.133. The fourth-order valence-electron chi connectivity index (χ4n) is 1.85. The lowest BCUT2D eigenvalue weighted by molar-refractivity contribution is 0.555. The van der Waals surface area contributed by atoms with Crippen LogP contribution < -0.4 is 5.73 Å². The third kappa shape index (κ3) is 2.59. The van der Waals surface area contributed by atoms with Crippen LogP contribution in [0.2, 0.25) is 0 Å². The first-order valence-corrected chi connectivity index (χ1v) is 6.32. The van der Waals surface area contributed by atoms with E-state index in [-0.39, 0.29) is 0 Å². The van der Waals surface area contributed by atoms with Crippen LogP contribution in [-0.4, -0.2) is 20.0 Å². The summed E-state index contributed by atoms with van der Waals surface area (Å²) in [6.07, 6.45) is 2.39. The van der Waals surface area contributed by atoms with Crippen LogP contribution in [-0.2, 0) is 6.54 Å². The van der Waals surface area contributed by atoms with Gasteiger partial charge in [0.1, 0.15) is 16.7 Å². The van der Waals surface area contributed by atoms with Crippen molar-refractivity contribution in [2.45, 2.75) is 13.0 Å². The number of benzene rings is 1. The highest BCUT2D eigenvalue weighted by molar-refractivity contribution is 5.85. The van der Waals surface area contributed by atoms with Gasteiger partial charge < -0.3 is 5.73 Å². The predicted molar refractivity (Wildman–Crippen MR) is 77.7 cm³/mol. The van der Waals surface area contributed by atoms with Crippen LogP contribution in [0.1, 0.15) is 12.1 Å². The van der Waals surface area contributed by atoms with Gasteiger partial charge in [-0.05, 0) is 30.2 Å². The van der Waals surface area contributed by atoms with Crippen LogP contribution in [0.4, 0.5) is 5.69 Å². The van der Waals surface area contributed by atoms with Crippen LogP contribution in [0.3, 0.4) is 0 Å². The van der Waals surface area contributed by atoms with E-state index in [1.165, 1.54) is 0 Å². The van der Waals surface area contributed by atoms with Crippen LogP contribution in [0.5, 0.6) is 0 Å². The summed E-state index contributed by atoms with van der Waals surface area (Å²) in [7, 11) is 0. The average Bonchev–Trinajstić information content (AvgIpc) is 2.89. The lowest BCUT2D eigenvalue weighted by Gasteiger charge is -1.92. The largest absolute Gasteiger partial charge is 0.397 e. The number of rotatable bonds is 2. The van der Waals surface area contributed by atoms with Crippen LogP contribution in [0.25, 0.3) is 11.0 Å². The molecule has 0 atom stereocenters. The molecule has 0 fully saturated rings. The Morgan fingerprint density at radius 3 is 2.85 bits per heavy atom. The van der Waals surface area contributed by atoms with Crippen molar-refractivity contribution in [3.63, 3.8) is 0 Å². The molecule has 0 radical (unpaired) electrons. The Hall–Kier alpha value is -2.87. The molecular formula is C15H13N5. The van der Waals surface area contributed by atoms with E-state index < -0.39 is 0 Å². The molecule has 0 aliphatic heterocycles. The van der Waals surface area contributed by atoms with Crippen LogP contribution in [0.15, 0.2) is 42.6 Å². The summed E-state index contributed by atoms with van der Waals surface area (Å²) in [6, 6.07) is 11.3. The van der Waals surface area contributed by atoms with Crippen molar-refractivity contribution >= 4 is 16.7 Å². The molecule has 5 heteroatoms. The molecule has 5 nitrogen and oxygen atoms in total. The third-order valence-electron chi connectivity index (χ3n) is 2.80. The van der Waals surface area contributed by atoms with E-state index in [1.54, 1.807) is 11.0 Å². The van der Waals surface area contributed by atoms with Gasteiger partial charge in [-0.2, -0.15) is 15.0 Å². The highest BCUT2D eigenvalue weighted by Crippen LogP contribution is 2.15. The van der Waals surface area contributed by atoms with E-state index in [2.05, 4.69) is 27.0 Å². The van der Waals surface area contributed by atoms with Gasteiger partial charge >= 0.3 is 0 Å². The van der Waals surface area contributed by atoms with E-state index in [0.29, 0.717) is 18.7 Å². The molecular weight excluding hydrogens is 250 g/mol. The normalized spacial score (nSPS) is 10.2. The van der Waals surface area contributed by atoms with Gasteiger partial charge in [0.2, 0.25) is 0 Å². The quantitative estimate of drug-likeness (QED) is 0.566. The summed E-state index contributed by atoms with van der Waals surface area (Å²) in [5.41, 5.74) is 8.82. The van der Waals surface area contributed by atoms with Gasteiger partial charge in [0.15, 0.2) is 0 Å². The summed E-state index contributed by atoms with van der Waals surface area (Å²) in [5.74, 6) is 6.07. The maximum atomic E-state index is 5.85. The molecule has 0 aliphatic rings. The predicted octanol–water partition coefficient (Wildman–Crippen LogP) is 1.85. The first kappa shape index (κ1) is 12.2. The van der Waals surface area contributed by atoms with E-state index >= 15 is 0 Å². The zero-order valence-corrected chi connectivity index (χ0v) is 10.8. The van der Waals surface area contributed by atoms with E-state index in [1.807, 2.05) is 36.4 Å². The molecule has 0 bridgehead atoms. The smallest absolute Gasteiger partial charge is 0.136 e. The number of nitrogens with two attached hydrogens (primary N) is 1. The van der Waals surface area contributed by atoms with E-state index in [9.17, 15) is 0 Å². The average molecular weight is 263 g/mol. The summed E-state index contributed by atoms with van der Waals surface area (Å²) < 4.78 is 0. The SMILES string of the molecule is Nc1cccc2nn(CCC#Cc3ccccn3)nc12. The first-order chi connectivity index (χ1) is 9.83. The summed E-state index contributed by atoms with van der Waals surface area (Å²) in [6.45, 7) is 0.633. The maximum absolute atomic E-state index is 5.85. The van der Waals surface area contributed by atoms with Crippen molar-refractivity contribution in [2.24, 2.45) is 0 Å². The highest BCUT2D eigenvalue weighted by Gasteiger charge is 2.04. The second kappa shape index (κ2) is 5.41.